The van der Waals surface area contributed by atoms with Crippen LogP contribution in [0.5, 0.6) is 0 Å². The van der Waals surface area contributed by atoms with Crippen molar-refractivity contribution < 1.29 is 0 Å². The monoisotopic (exact) mass is 189 g/mol. The van der Waals surface area contributed by atoms with Gasteiger partial charge in [-0.2, -0.15) is 0 Å². The third-order valence-corrected chi connectivity index (χ3v) is 3.32. The Bertz CT molecular complexity index is 119. The second-order valence-electron chi connectivity index (χ2n) is 4.70. The van der Waals surface area contributed by atoms with Crippen LogP contribution in [0.15, 0.2) is 0 Å². The van der Waals surface area contributed by atoms with Crippen molar-refractivity contribution in [1.29, 1.82) is 0 Å². The minimum absolute atomic E-state index is 0.846. The molecule has 78 valence electrons. The summed E-state index contributed by atoms with van der Waals surface area (Å²) >= 11 is 2.28. The molecule has 1 fully saturated rings. The molecule has 1 nitrogen and oxygen atoms in total. The van der Waals surface area contributed by atoms with Crippen molar-refractivity contribution in [2.45, 2.75) is 68.9 Å². The zero-order chi connectivity index (χ0) is 10.1. The van der Waals surface area contributed by atoms with Crippen LogP contribution in [0.2, 0.25) is 5.09 Å². The van der Waals surface area contributed by atoms with Gasteiger partial charge in [-0.05, 0) is 0 Å². The SMILES string of the molecule is [Li][CH2]CCCCCC1CCCCCN1. The van der Waals surface area contributed by atoms with Crippen LogP contribution in [0.4, 0.5) is 0 Å². The molecule has 0 spiro atoms. The molecule has 2 heteroatoms. The molecule has 1 N–H and O–H groups in total. The van der Waals surface area contributed by atoms with Gasteiger partial charge in [0.05, 0.1) is 0 Å². The van der Waals surface area contributed by atoms with Gasteiger partial charge in [-0.25, -0.2) is 0 Å². The van der Waals surface area contributed by atoms with Gasteiger partial charge < -0.3 is 0 Å². The van der Waals surface area contributed by atoms with Crippen LogP contribution in [0, 0.1) is 0 Å². The molecule has 0 aliphatic carbocycles. The Morgan fingerprint density at radius 2 is 1.86 bits per heavy atom. The average Bonchev–Trinajstić information content (AvgIpc) is 2.46. The van der Waals surface area contributed by atoms with Crippen LogP contribution < -0.4 is 5.32 Å². The van der Waals surface area contributed by atoms with E-state index in [1.165, 1.54) is 69.4 Å². The summed E-state index contributed by atoms with van der Waals surface area (Å²) in [6, 6.07) is 0.846. The van der Waals surface area contributed by atoms with Crippen molar-refractivity contribution in [2.75, 3.05) is 6.54 Å². The second-order valence-corrected chi connectivity index (χ2v) is 4.70. The van der Waals surface area contributed by atoms with E-state index in [1.807, 2.05) is 0 Å². The fourth-order valence-corrected chi connectivity index (χ4v) is 2.34. The summed E-state index contributed by atoms with van der Waals surface area (Å²) in [5.74, 6) is 0. The third-order valence-electron chi connectivity index (χ3n) is 3.32. The standard InChI is InChI=1S/C12H24N.Li/c1-2-3-4-6-9-12-10-7-5-8-11-13-12;/h12-13H,1-11H2;. The van der Waals surface area contributed by atoms with Crippen LogP contribution in [-0.4, -0.2) is 30.3 Å². The van der Waals surface area contributed by atoms with Gasteiger partial charge >= 0.3 is 98.5 Å². The van der Waals surface area contributed by atoms with Gasteiger partial charge in [0.1, 0.15) is 0 Å². The summed E-state index contributed by atoms with van der Waals surface area (Å²) in [4.78, 5) is 0. The molecule has 1 heterocycles. The molecule has 1 saturated heterocycles. The van der Waals surface area contributed by atoms with Gasteiger partial charge in [0.15, 0.2) is 0 Å². The topological polar surface area (TPSA) is 12.0 Å². The van der Waals surface area contributed by atoms with E-state index in [-0.39, 0.29) is 0 Å². The van der Waals surface area contributed by atoms with Crippen LogP contribution in [0.1, 0.15) is 57.8 Å². The van der Waals surface area contributed by atoms with E-state index < -0.39 is 0 Å². The van der Waals surface area contributed by atoms with Gasteiger partial charge in [0.2, 0.25) is 0 Å². The first-order valence-corrected chi connectivity index (χ1v) is 6.67. The maximum atomic E-state index is 3.67. The fraction of sp³-hybridized carbons (Fsp3) is 1.00. The van der Waals surface area contributed by atoms with Crippen molar-refractivity contribution in [1.82, 2.24) is 5.32 Å². The molecule has 1 aliphatic rings. The van der Waals surface area contributed by atoms with Gasteiger partial charge in [-0.3, -0.25) is 0 Å². The third kappa shape index (κ3) is 6.12. The van der Waals surface area contributed by atoms with Gasteiger partial charge in [-0.15, -0.1) is 0 Å². The maximum absolute atomic E-state index is 3.67. The van der Waals surface area contributed by atoms with E-state index >= 15 is 0 Å². The van der Waals surface area contributed by atoms with E-state index in [2.05, 4.69) is 23.0 Å². The molecule has 0 amide bonds. The molecule has 1 rings (SSSR count). The average molecular weight is 189 g/mol. The van der Waals surface area contributed by atoms with Crippen LogP contribution in [-0.2, 0) is 0 Å². The van der Waals surface area contributed by atoms with Gasteiger partial charge in [0, 0.05) is 0 Å². The van der Waals surface area contributed by atoms with E-state index in [0.717, 1.165) is 6.04 Å². The molecule has 1 unspecified atom stereocenters. The Morgan fingerprint density at radius 3 is 2.71 bits per heavy atom. The predicted octanol–water partition coefficient (Wildman–Crippen LogP) is 3.06. The summed E-state index contributed by atoms with van der Waals surface area (Å²) in [5, 5.41) is 5.04. The molecule has 0 aromatic rings. The normalized spacial score (nSPS) is 23.4. The van der Waals surface area contributed by atoms with E-state index in [0.29, 0.717) is 0 Å². The molecule has 0 saturated carbocycles. The van der Waals surface area contributed by atoms with E-state index in [9.17, 15) is 0 Å². The van der Waals surface area contributed by atoms with Crippen molar-refractivity contribution in [3.8, 4) is 0 Å². The molecule has 0 radical (unpaired) electrons. The Hall–Kier alpha value is 0.557. The second kappa shape index (κ2) is 8.83. The first kappa shape index (κ1) is 12.6. The zero-order valence-electron chi connectivity index (χ0n) is 9.86. The molecule has 0 aromatic heterocycles. The van der Waals surface area contributed by atoms with Crippen molar-refractivity contribution in [3.63, 3.8) is 0 Å². The number of nitrogens with one attached hydrogen (secondary N) is 1. The van der Waals surface area contributed by atoms with Gasteiger partial charge in [0.25, 0.3) is 0 Å². The van der Waals surface area contributed by atoms with E-state index in [4.69, 9.17) is 0 Å². The summed E-state index contributed by atoms with van der Waals surface area (Å²) in [6.45, 7) is 1.26. The Balaban J connectivity index is 1.93. The molecule has 14 heavy (non-hydrogen) atoms. The molecule has 0 aromatic carbocycles. The number of rotatable bonds is 6. The van der Waals surface area contributed by atoms with Crippen molar-refractivity contribution in [3.05, 3.63) is 0 Å². The van der Waals surface area contributed by atoms with Crippen LogP contribution in [0.25, 0.3) is 0 Å². The first-order chi connectivity index (χ1) is 6.93. The Morgan fingerprint density at radius 1 is 1.00 bits per heavy atom. The molecule has 0 bridgehead atoms. The molecular formula is C12H24LiN. The summed E-state index contributed by atoms with van der Waals surface area (Å²) in [7, 11) is 0. The number of hydrogen-bond acceptors (Lipinski definition) is 1. The summed E-state index contributed by atoms with van der Waals surface area (Å²) in [5.41, 5.74) is 0. The Labute approximate surface area is 98.6 Å². The van der Waals surface area contributed by atoms with Crippen molar-refractivity contribution >= 4 is 17.7 Å². The first-order valence-electron chi connectivity index (χ1n) is 6.67. The number of hydrogen-bond donors (Lipinski definition) is 1. The quantitative estimate of drug-likeness (QED) is 0.500. The summed E-state index contributed by atoms with van der Waals surface area (Å²) < 4.78 is 0. The molecular weight excluding hydrogens is 165 g/mol. The Kier molecular flexibility index (Phi) is 7.97. The molecule has 1 aliphatic heterocycles. The summed E-state index contributed by atoms with van der Waals surface area (Å²) in [6.07, 6.45) is 12.9. The van der Waals surface area contributed by atoms with Crippen LogP contribution in [0.3, 0.4) is 0 Å². The predicted molar refractivity (Wildman–Crippen MR) is 63.9 cm³/mol. The number of unbranched alkanes of at least 4 members (excludes halogenated alkanes) is 3. The molecule has 1 atom stereocenters. The zero-order valence-corrected chi connectivity index (χ0v) is 9.86. The fourth-order valence-electron chi connectivity index (χ4n) is 2.34. The van der Waals surface area contributed by atoms with Crippen LogP contribution >= 0.6 is 0 Å². The van der Waals surface area contributed by atoms with Crippen molar-refractivity contribution in [2.24, 2.45) is 0 Å². The van der Waals surface area contributed by atoms with Gasteiger partial charge in [-0.1, -0.05) is 0 Å². The minimum atomic E-state index is 0.846. The van der Waals surface area contributed by atoms with E-state index in [1.54, 1.807) is 0 Å².